The van der Waals surface area contributed by atoms with E-state index in [0.717, 1.165) is 21.8 Å². The molecule has 1 atom stereocenters. The molecule has 1 aromatic carbocycles. The van der Waals surface area contributed by atoms with Gasteiger partial charge in [-0.05, 0) is 38.1 Å². The van der Waals surface area contributed by atoms with Crippen molar-refractivity contribution in [1.29, 1.82) is 0 Å². The minimum atomic E-state index is -0.892. The van der Waals surface area contributed by atoms with Gasteiger partial charge in [-0.25, -0.2) is 9.78 Å². The number of amides is 4. The van der Waals surface area contributed by atoms with E-state index in [4.69, 9.17) is 4.42 Å². The molecule has 0 bridgehead atoms. The molecule has 156 valence electrons. The average molecular weight is 409 g/mol. The first-order valence-electron chi connectivity index (χ1n) is 9.81. The SMILES string of the molecule is CC(C)n1c(CNC(=O)C[C@H]2NC(=O)N(Cc3ccco3)C2=O)nc2ccccc21. The van der Waals surface area contributed by atoms with Crippen LogP contribution in [-0.4, -0.2) is 38.3 Å². The topological polar surface area (TPSA) is 109 Å². The fourth-order valence-electron chi connectivity index (χ4n) is 3.65. The van der Waals surface area contributed by atoms with Gasteiger partial charge in [0.05, 0.1) is 36.8 Å². The highest BCUT2D eigenvalue weighted by Crippen LogP contribution is 2.21. The monoisotopic (exact) mass is 409 g/mol. The van der Waals surface area contributed by atoms with Crippen LogP contribution in [0.5, 0.6) is 0 Å². The number of hydrogen-bond donors (Lipinski definition) is 2. The molecule has 1 aliphatic heterocycles. The largest absolute Gasteiger partial charge is 0.467 e. The lowest BCUT2D eigenvalue weighted by Gasteiger charge is -2.14. The maximum Gasteiger partial charge on any atom is 0.325 e. The average Bonchev–Trinajstić information content (AvgIpc) is 3.41. The Kier molecular flexibility index (Phi) is 5.26. The standard InChI is InChI=1S/C21H23N5O4/c1-13(2)26-17-8-4-3-7-15(17)23-18(26)11-22-19(27)10-16-20(28)25(21(29)24-16)12-14-6-5-9-30-14/h3-9,13,16H,10-12H2,1-2H3,(H,22,27)(H,24,29)/t16-/m1/s1. The van der Waals surface area contributed by atoms with Crippen molar-refractivity contribution in [1.82, 2.24) is 25.1 Å². The molecule has 0 unspecified atom stereocenters. The summed E-state index contributed by atoms with van der Waals surface area (Å²) in [4.78, 5) is 42.7. The summed E-state index contributed by atoms with van der Waals surface area (Å²) in [6.07, 6.45) is 1.34. The van der Waals surface area contributed by atoms with Crippen LogP contribution >= 0.6 is 0 Å². The molecule has 3 aromatic rings. The third-order valence-corrected chi connectivity index (χ3v) is 5.02. The number of carbonyl (C=O) groups is 3. The molecule has 1 aliphatic rings. The highest BCUT2D eigenvalue weighted by molar-refractivity contribution is 6.05. The minimum absolute atomic E-state index is 0.0359. The molecule has 3 heterocycles. The summed E-state index contributed by atoms with van der Waals surface area (Å²) in [5.41, 5.74) is 1.87. The summed E-state index contributed by atoms with van der Waals surface area (Å²) in [6.45, 7) is 4.38. The summed E-state index contributed by atoms with van der Waals surface area (Å²) in [5.74, 6) is 0.453. The first-order valence-corrected chi connectivity index (χ1v) is 9.81. The number of fused-ring (bicyclic) bond motifs is 1. The van der Waals surface area contributed by atoms with E-state index in [0.29, 0.717) is 5.76 Å². The van der Waals surface area contributed by atoms with Crippen LogP contribution in [-0.2, 0) is 22.7 Å². The van der Waals surface area contributed by atoms with Crippen molar-refractivity contribution in [2.45, 2.75) is 45.4 Å². The maximum atomic E-state index is 12.5. The Morgan fingerprint density at radius 1 is 1.23 bits per heavy atom. The predicted octanol–water partition coefficient (Wildman–Crippen LogP) is 2.34. The van der Waals surface area contributed by atoms with E-state index in [1.54, 1.807) is 12.1 Å². The lowest BCUT2D eigenvalue weighted by molar-refractivity contribution is -0.131. The number of urea groups is 1. The van der Waals surface area contributed by atoms with Gasteiger partial charge in [0.25, 0.3) is 5.91 Å². The van der Waals surface area contributed by atoms with Crippen molar-refractivity contribution in [3.8, 4) is 0 Å². The van der Waals surface area contributed by atoms with Crippen molar-refractivity contribution in [3.05, 3.63) is 54.2 Å². The number of rotatable bonds is 7. The molecule has 4 rings (SSSR count). The Hall–Kier alpha value is -3.62. The van der Waals surface area contributed by atoms with Gasteiger partial charge in [-0.1, -0.05) is 12.1 Å². The zero-order valence-electron chi connectivity index (χ0n) is 16.8. The van der Waals surface area contributed by atoms with Gasteiger partial charge in [0.2, 0.25) is 5.91 Å². The molecular formula is C21H23N5O4. The van der Waals surface area contributed by atoms with Gasteiger partial charge in [0.15, 0.2) is 0 Å². The summed E-state index contributed by atoms with van der Waals surface area (Å²) in [5, 5.41) is 5.38. The molecular weight excluding hydrogens is 386 g/mol. The van der Waals surface area contributed by atoms with Gasteiger partial charge >= 0.3 is 6.03 Å². The number of aromatic nitrogens is 2. The highest BCUT2D eigenvalue weighted by Gasteiger charge is 2.39. The number of para-hydroxylation sites is 2. The second-order valence-corrected chi connectivity index (χ2v) is 7.47. The van der Waals surface area contributed by atoms with Crippen molar-refractivity contribution in [2.24, 2.45) is 0 Å². The van der Waals surface area contributed by atoms with Crippen LogP contribution in [0, 0.1) is 0 Å². The summed E-state index contributed by atoms with van der Waals surface area (Å²) in [7, 11) is 0. The summed E-state index contributed by atoms with van der Waals surface area (Å²) < 4.78 is 7.26. The number of furan rings is 1. The van der Waals surface area contributed by atoms with Crippen LogP contribution in [0.25, 0.3) is 11.0 Å². The molecule has 2 aromatic heterocycles. The Labute approximate surface area is 173 Å². The van der Waals surface area contributed by atoms with Crippen molar-refractivity contribution in [2.75, 3.05) is 0 Å². The zero-order chi connectivity index (χ0) is 21.3. The number of hydrogen-bond acceptors (Lipinski definition) is 5. The molecule has 0 aliphatic carbocycles. The molecule has 0 saturated carbocycles. The number of nitrogens with one attached hydrogen (secondary N) is 2. The number of imidazole rings is 1. The second-order valence-electron chi connectivity index (χ2n) is 7.47. The molecule has 1 saturated heterocycles. The van der Waals surface area contributed by atoms with Crippen LogP contribution < -0.4 is 10.6 Å². The van der Waals surface area contributed by atoms with E-state index in [-0.39, 0.29) is 31.5 Å². The molecule has 9 nitrogen and oxygen atoms in total. The predicted molar refractivity (Wildman–Crippen MR) is 108 cm³/mol. The lowest BCUT2D eigenvalue weighted by atomic mass is 10.2. The van der Waals surface area contributed by atoms with E-state index in [1.807, 2.05) is 24.3 Å². The molecule has 4 amide bonds. The smallest absolute Gasteiger partial charge is 0.325 e. The molecule has 0 spiro atoms. The number of carbonyl (C=O) groups excluding carboxylic acids is 3. The number of benzene rings is 1. The van der Waals surface area contributed by atoms with Gasteiger partial charge in [-0.2, -0.15) is 0 Å². The lowest BCUT2D eigenvalue weighted by Crippen LogP contribution is -2.36. The van der Waals surface area contributed by atoms with E-state index in [2.05, 4.69) is 34.0 Å². The van der Waals surface area contributed by atoms with Gasteiger partial charge < -0.3 is 19.6 Å². The summed E-state index contributed by atoms with van der Waals surface area (Å²) in [6, 6.07) is 9.92. The Morgan fingerprint density at radius 3 is 2.77 bits per heavy atom. The molecule has 0 radical (unpaired) electrons. The molecule has 2 N–H and O–H groups in total. The number of imide groups is 1. The van der Waals surface area contributed by atoms with E-state index >= 15 is 0 Å². The second kappa shape index (κ2) is 8.02. The summed E-state index contributed by atoms with van der Waals surface area (Å²) >= 11 is 0. The van der Waals surface area contributed by atoms with Crippen molar-refractivity contribution >= 4 is 28.9 Å². The van der Waals surface area contributed by atoms with Crippen molar-refractivity contribution < 1.29 is 18.8 Å². The van der Waals surface area contributed by atoms with E-state index in [9.17, 15) is 14.4 Å². The quantitative estimate of drug-likeness (QED) is 0.582. The number of nitrogens with zero attached hydrogens (tertiary/aromatic N) is 3. The Bertz CT molecular complexity index is 1090. The third kappa shape index (κ3) is 3.78. The van der Waals surface area contributed by atoms with Crippen LogP contribution in [0.4, 0.5) is 4.79 Å². The Morgan fingerprint density at radius 2 is 2.03 bits per heavy atom. The Balaban J connectivity index is 1.39. The first kappa shape index (κ1) is 19.7. The van der Waals surface area contributed by atoms with Gasteiger partial charge in [-0.3, -0.25) is 14.5 Å². The normalized spacial score (nSPS) is 16.5. The van der Waals surface area contributed by atoms with E-state index in [1.165, 1.54) is 6.26 Å². The van der Waals surface area contributed by atoms with Crippen LogP contribution in [0.1, 0.15) is 37.9 Å². The van der Waals surface area contributed by atoms with Crippen LogP contribution in [0.3, 0.4) is 0 Å². The zero-order valence-corrected chi connectivity index (χ0v) is 16.8. The van der Waals surface area contributed by atoms with Crippen LogP contribution in [0.2, 0.25) is 0 Å². The van der Waals surface area contributed by atoms with Gasteiger partial charge in [0, 0.05) is 6.04 Å². The minimum Gasteiger partial charge on any atom is -0.467 e. The maximum absolute atomic E-state index is 12.5. The fourth-order valence-corrected chi connectivity index (χ4v) is 3.65. The van der Waals surface area contributed by atoms with Gasteiger partial charge in [0.1, 0.15) is 17.6 Å². The van der Waals surface area contributed by atoms with E-state index < -0.39 is 18.0 Å². The molecule has 9 heteroatoms. The third-order valence-electron chi connectivity index (χ3n) is 5.02. The first-order chi connectivity index (χ1) is 14.4. The van der Waals surface area contributed by atoms with Gasteiger partial charge in [-0.15, -0.1) is 0 Å². The van der Waals surface area contributed by atoms with Crippen molar-refractivity contribution in [3.63, 3.8) is 0 Å². The molecule has 1 fully saturated rings. The molecule has 30 heavy (non-hydrogen) atoms. The highest BCUT2D eigenvalue weighted by atomic mass is 16.3. The van der Waals surface area contributed by atoms with Crippen LogP contribution in [0.15, 0.2) is 47.1 Å². The fraction of sp³-hybridized carbons (Fsp3) is 0.333.